The number of hydrogen-bond acceptors (Lipinski definition) is 3. The summed E-state index contributed by atoms with van der Waals surface area (Å²) in [5.74, 6) is -0.0328. The van der Waals surface area contributed by atoms with Crippen molar-refractivity contribution < 1.29 is 4.79 Å². The predicted molar refractivity (Wildman–Crippen MR) is 67.6 cm³/mol. The van der Waals surface area contributed by atoms with E-state index in [9.17, 15) is 4.79 Å². The van der Waals surface area contributed by atoms with E-state index in [0.29, 0.717) is 25.3 Å². The molecular formula is C12H22N4O. The summed E-state index contributed by atoms with van der Waals surface area (Å²) >= 11 is 0. The predicted octanol–water partition coefficient (Wildman–Crippen LogP) is 0.867. The Morgan fingerprint density at radius 1 is 1.59 bits per heavy atom. The van der Waals surface area contributed by atoms with Gasteiger partial charge >= 0.3 is 0 Å². The molecule has 5 nitrogen and oxygen atoms in total. The molecule has 1 heterocycles. The maximum absolute atomic E-state index is 12.2. The van der Waals surface area contributed by atoms with Gasteiger partial charge in [0.15, 0.2) is 0 Å². The van der Waals surface area contributed by atoms with Gasteiger partial charge in [-0.05, 0) is 18.9 Å². The number of amides is 1. The Morgan fingerprint density at radius 3 is 2.65 bits per heavy atom. The zero-order chi connectivity index (χ0) is 13.1. The number of imidazole rings is 1. The second kappa shape index (κ2) is 5.31. The second-order valence-electron chi connectivity index (χ2n) is 5.11. The Balaban J connectivity index is 2.78. The molecule has 0 unspecified atom stereocenters. The highest BCUT2D eigenvalue weighted by Crippen LogP contribution is 2.16. The van der Waals surface area contributed by atoms with E-state index in [1.807, 2.05) is 14.0 Å². The van der Waals surface area contributed by atoms with Crippen LogP contribution in [-0.4, -0.2) is 40.0 Å². The number of rotatable bonds is 5. The molecule has 0 spiro atoms. The van der Waals surface area contributed by atoms with E-state index < -0.39 is 0 Å². The molecule has 0 atom stereocenters. The van der Waals surface area contributed by atoms with Gasteiger partial charge in [-0.15, -0.1) is 0 Å². The first kappa shape index (κ1) is 13.7. The molecule has 0 fully saturated rings. The highest BCUT2D eigenvalue weighted by atomic mass is 16.2. The fourth-order valence-electron chi connectivity index (χ4n) is 1.59. The normalized spacial score (nSPS) is 11.6. The van der Waals surface area contributed by atoms with Gasteiger partial charge in [0.2, 0.25) is 0 Å². The minimum atomic E-state index is -0.0690. The molecule has 0 aliphatic carbocycles. The van der Waals surface area contributed by atoms with E-state index in [-0.39, 0.29) is 11.3 Å². The fraction of sp³-hybridized carbons (Fsp3) is 0.667. The third kappa shape index (κ3) is 3.56. The highest BCUT2D eigenvalue weighted by Gasteiger charge is 2.24. The average molecular weight is 238 g/mol. The first-order chi connectivity index (χ1) is 7.89. The zero-order valence-electron chi connectivity index (χ0n) is 11.1. The van der Waals surface area contributed by atoms with E-state index in [0.717, 1.165) is 0 Å². The molecule has 0 radical (unpaired) electrons. The van der Waals surface area contributed by atoms with Crippen molar-refractivity contribution in [3.8, 4) is 0 Å². The van der Waals surface area contributed by atoms with Gasteiger partial charge < -0.3 is 15.2 Å². The molecule has 1 rings (SSSR count). The minimum absolute atomic E-state index is 0.0328. The lowest BCUT2D eigenvalue weighted by Gasteiger charge is -2.30. The van der Waals surface area contributed by atoms with E-state index in [1.165, 1.54) is 0 Å². The summed E-state index contributed by atoms with van der Waals surface area (Å²) < 4.78 is 1.77. The SMILES string of the molecule is CCN(CC(C)(C)CN)C(=O)c1cn(C)cn1. The molecule has 17 heavy (non-hydrogen) atoms. The smallest absolute Gasteiger partial charge is 0.274 e. The maximum Gasteiger partial charge on any atom is 0.274 e. The molecule has 0 aliphatic heterocycles. The van der Waals surface area contributed by atoms with Crippen LogP contribution in [0.2, 0.25) is 0 Å². The number of carbonyl (C=O) groups excluding carboxylic acids is 1. The molecule has 0 aromatic carbocycles. The van der Waals surface area contributed by atoms with Crippen molar-refractivity contribution in [3.63, 3.8) is 0 Å². The van der Waals surface area contributed by atoms with Crippen LogP contribution in [0.25, 0.3) is 0 Å². The summed E-state index contributed by atoms with van der Waals surface area (Å²) in [6.45, 7) is 7.95. The van der Waals surface area contributed by atoms with Crippen molar-refractivity contribution in [3.05, 3.63) is 18.2 Å². The van der Waals surface area contributed by atoms with Crippen LogP contribution in [0.4, 0.5) is 0 Å². The maximum atomic E-state index is 12.2. The van der Waals surface area contributed by atoms with Gasteiger partial charge in [0, 0.05) is 26.3 Å². The van der Waals surface area contributed by atoms with Crippen molar-refractivity contribution >= 4 is 5.91 Å². The van der Waals surface area contributed by atoms with Crippen molar-refractivity contribution in [1.29, 1.82) is 0 Å². The molecule has 1 amide bonds. The summed E-state index contributed by atoms with van der Waals surface area (Å²) in [7, 11) is 1.85. The van der Waals surface area contributed by atoms with Gasteiger partial charge in [-0.1, -0.05) is 13.8 Å². The Labute approximate surface area is 103 Å². The second-order valence-corrected chi connectivity index (χ2v) is 5.11. The number of aryl methyl sites for hydroxylation is 1. The standard InChI is InChI=1S/C12H22N4O/c1-5-16(8-12(2,3)7-13)11(17)10-6-15(4)9-14-10/h6,9H,5,7-8,13H2,1-4H3. The van der Waals surface area contributed by atoms with Crippen molar-refractivity contribution in [1.82, 2.24) is 14.5 Å². The molecule has 0 saturated carbocycles. The van der Waals surface area contributed by atoms with Crippen LogP contribution < -0.4 is 5.73 Å². The van der Waals surface area contributed by atoms with Crippen LogP contribution in [0.1, 0.15) is 31.3 Å². The van der Waals surface area contributed by atoms with Crippen LogP contribution in [0.15, 0.2) is 12.5 Å². The number of nitrogens with two attached hydrogens (primary N) is 1. The van der Waals surface area contributed by atoms with Crippen LogP contribution in [0, 0.1) is 5.41 Å². The molecule has 0 saturated heterocycles. The van der Waals surface area contributed by atoms with Crippen LogP contribution >= 0.6 is 0 Å². The molecule has 1 aromatic heterocycles. The summed E-state index contributed by atoms with van der Waals surface area (Å²) in [6.07, 6.45) is 3.37. The van der Waals surface area contributed by atoms with Gasteiger partial charge in [-0.25, -0.2) is 4.98 Å². The summed E-state index contributed by atoms with van der Waals surface area (Å²) in [5, 5.41) is 0. The molecule has 5 heteroatoms. The molecule has 2 N–H and O–H groups in total. The van der Waals surface area contributed by atoms with Gasteiger partial charge in [0.25, 0.3) is 5.91 Å². The number of nitrogens with zero attached hydrogens (tertiary/aromatic N) is 3. The summed E-state index contributed by atoms with van der Waals surface area (Å²) in [6, 6.07) is 0. The Hall–Kier alpha value is -1.36. The van der Waals surface area contributed by atoms with Gasteiger partial charge in [0.05, 0.1) is 6.33 Å². The van der Waals surface area contributed by atoms with Crippen molar-refractivity contribution in [2.75, 3.05) is 19.6 Å². The van der Waals surface area contributed by atoms with Crippen LogP contribution in [0.5, 0.6) is 0 Å². The first-order valence-electron chi connectivity index (χ1n) is 5.87. The minimum Gasteiger partial charge on any atom is -0.340 e. The van der Waals surface area contributed by atoms with Gasteiger partial charge in [-0.3, -0.25) is 4.79 Å². The van der Waals surface area contributed by atoms with Gasteiger partial charge in [-0.2, -0.15) is 0 Å². The zero-order valence-corrected chi connectivity index (χ0v) is 11.1. The Morgan fingerprint density at radius 2 is 2.24 bits per heavy atom. The molecular weight excluding hydrogens is 216 g/mol. The average Bonchev–Trinajstić information content (AvgIpc) is 2.72. The number of hydrogen-bond donors (Lipinski definition) is 1. The lowest BCUT2D eigenvalue weighted by molar-refractivity contribution is 0.0695. The van der Waals surface area contributed by atoms with Crippen LogP contribution in [-0.2, 0) is 7.05 Å². The lowest BCUT2D eigenvalue weighted by Crippen LogP contribution is -2.42. The van der Waals surface area contributed by atoms with E-state index >= 15 is 0 Å². The lowest BCUT2D eigenvalue weighted by atomic mass is 9.93. The van der Waals surface area contributed by atoms with Crippen LogP contribution in [0.3, 0.4) is 0 Å². The van der Waals surface area contributed by atoms with Crippen molar-refractivity contribution in [2.24, 2.45) is 18.2 Å². The largest absolute Gasteiger partial charge is 0.340 e. The third-order valence-corrected chi connectivity index (χ3v) is 2.76. The highest BCUT2D eigenvalue weighted by molar-refractivity contribution is 5.92. The van der Waals surface area contributed by atoms with E-state index in [4.69, 9.17) is 5.73 Å². The molecule has 96 valence electrons. The topological polar surface area (TPSA) is 64.2 Å². The molecule has 0 aliphatic rings. The summed E-state index contributed by atoms with van der Waals surface area (Å²) in [5.41, 5.74) is 6.11. The molecule has 0 bridgehead atoms. The first-order valence-corrected chi connectivity index (χ1v) is 5.87. The van der Waals surface area contributed by atoms with Crippen molar-refractivity contribution in [2.45, 2.75) is 20.8 Å². The van der Waals surface area contributed by atoms with Gasteiger partial charge in [0.1, 0.15) is 5.69 Å². The monoisotopic (exact) mass is 238 g/mol. The fourth-order valence-corrected chi connectivity index (χ4v) is 1.59. The Bertz CT molecular complexity index is 384. The number of aromatic nitrogens is 2. The van der Waals surface area contributed by atoms with E-state index in [1.54, 1.807) is 22.0 Å². The van der Waals surface area contributed by atoms with E-state index in [2.05, 4.69) is 18.8 Å². The Kier molecular flexibility index (Phi) is 4.28. The quantitative estimate of drug-likeness (QED) is 0.827. The number of carbonyl (C=O) groups is 1. The summed E-state index contributed by atoms with van der Waals surface area (Å²) in [4.78, 5) is 18.1. The third-order valence-electron chi connectivity index (χ3n) is 2.76. The molecule has 1 aromatic rings.